The molecule has 1 aliphatic heterocycles. The van der Waals surface area contributed by atoms with Crippen LogP contribution in [-0.2, 0) is 9.84 Å². The minimum Gasteiger partial charge on any atom is -0.368 e. The zero-order chi connectivity index (χ0) is 20.2. The number of nitrogens with zero attached hydrogens (tertiary/aromatic N) is 3. The predicted molar refractivity (Wildman–Crippen MR) is 130 cm³/mol. The van der Waals surface area contributed by atoms with Gasteiger partial charge >= 0.3 is 0 Å². The van der Waals surface area contributed by atoms with Gasteiger partial charge in [0.05, 0.1) is 10.5 Å². The van der Waals surface area contributed by atoms with Crippen LogP contribution in [0.3, 0.4) is 0 Å². The van der Waals surface area contributed by atoms with Crippen molar-refractivity contribution in [3.8, 4) is 0 Å². The molecule has 0 spiro atoms. The summed E-state index contributed by atoms with van der Waals surface area (Å²) in [5.74, 6) is 0.846. The van der Waals surface area contributed by atoms with E-state index in [1.165, 1.54) is 11.3 Å². The van der Waals surface area contributed by atoms with Gasteiger partial charge in [0.2, 0.25) is 0 Å². The van der Waals surface area contributed by atoms with Gasteiger partial charge in [-0.25, -0.2) is 8.42 Å². The smallest absolute Gasteiger partial charge is 0.193 e. The predicted octanol–water partition coefficient (Wildman–Crippen LogP) is 3.18. The van der Waals surface area contributed by atoms with Gasteiger partial charge in [-0.15, -0.1) is 24.0 Å². The van der Waals surface area contributed by atoms with E-state index in [9.17, 15) is 8.42 Å². The van der Waals surface area contributed by atoms with Crippen molar-refractivity contribution in [2.75, 3.05) is 50.4 Å². The van der Waals surface area contributed by atoms with Crippen molar-refractivity contribution in [3.63, 3.8) is 0 Å². The summed E-state index contributed by atoms with van der Waals surface area (Å²) in [6.45, 7) is 11.0. The highest BCUT2D eigenvalue weighted by Gasteiger charge is 2.28. The quantitative estimate of drug-likeness (QED) is 0.360. The maximum absolute atomic E-state index is 12.2. The number of nitrogens with one attached hydrogen (secondary N) is 1. The molecule has 0 radical (unpaired) electrons. The van der Waals surface area contributed by atoms with Crippen molar-refractivity contribution in [2.45, 2.75) is 32.4 Å². The van der Waals surface area contributed by atoms with Gasteiger partial charge in [0.25, 0.3) is 0 Å². The maximum atomic E-state index is 12.2. The number of halogens is 2. The topological polar surface area (TPSA) is 65.0 Å². The molecule has 0 aliphatic carbocycles. The van der Waals surface area contributed by atoms with Crippen molar-refractivity contribution in [3.05, 3.63) is 28.8 Å². The van der Waals surface area contributed by atoms with Crippen LogP contribution < -0.4 is 10.2 Å². The summed E-state index contributed by atoms with van der Waals surface area (Å²) in [6.07, 6.45) is 0. The zero-order valence-corrected chi connectivity index (χ0v) is 21.2. The van der Waals surface area contributed by atoms with E-state index in [-0.39, 0.29) is 29.7 Å². The van der Waals surface area contributed by atoms with Crippen molar-refractivity contribution < 1.29 is 8.42 Å². The van der Waals surface area contributed by atoms with Crippen LogP contribution in [0.1, 0.15) is 26.3 Å². The van der Waals surface area contributed by atoms with Crippen molar-refractivity contribution in [2.24, 2.45) is 4.99 Å². The molecule has 9 heteroatoms. The first kappa shape index (κ1) is 25.3. The van der Waals surface area contributed by atoms with Gasteiger partial charge < -0.3 is 15.1 Å². The molecule has 0 atom stereocenters. The Kier molecular flexibility index (Phi) is 9.34. The Balaban J connectivity index is 0.00000392. The lowest BCUT2D eigenvalue weighted by atomic mass is 10.1. The lowest BCUT2D eigenvalue weighted by Crippen LogP contribution is -2.53. The number of piperazine rings is 1. The summed E-state index contributed by atoms with van der Waals surface area (Å²) < 4.78 is 23.8. The molecule has 1 heterocycles. The second-order valence-electron chi connectivity index (χ2n) is 7.81. The van der Waals surface area contributed by atoms with Crippen LogP contribution >= 0.6 is 35.6 Å². The Labute approximate surface area is 191 Å². The van der Waals surface area contributed by atoms with Crippen LogP contribution in [0, 0.1) is 6.92 Å². The van der Waals surface area contributed by atoms with Gasteiger partial charge in [0.1, 0.15) is 0 Å². The van der Waals surface area contributed by atoms with Crippen LogP contribution in [0.5, 0.6) is 0 Å². The SMILES string of the molecule is CN=C(NCCS(=O)(=O)C(C)(C)C)N1CCN(c2cc(Cl)ccc2C)CC1.I. The van der Waals surface area contributed by atoms with Gasteiger partial charge in [-0.05, 0) is 45.4 Å². The number of benzene rings is 1. The molecule has 2 rings (SSSR count). The van der Waals surface area contributed by atoms with E-state index in [2.05, 4.69) is 27.0 Å². The molecule has 6 nitrogen and oxygen atoms in total. The van der Waals surface area contributed by atoms with E-state index in [4.69, 9.17) is 11.6 Å². The van der Waals surface area contributed by atoms with Crippen molar-refractivity contribution >= 4 is 57.1 Å². The minimum atomic E-state index is -3.14. The number of sulfone groups is 1. The average molecular weight is 543 g/mol. The summed E-state index contributed by atoms with van der Waals surface area (Å²) in [7, 11) is -1.41. The lowest BCUT2D eigenvalue weighted by molar-refractivity contribution is 0.373. The van der Waals surface area contributed by atoms with E-state index in [0.717, 1.165) is 37.2 Å². The lowest BCUT2D eigenvalue weighted by Gasteiger charge is -2.38. The number of aliphatic imine (C=N–C) groups is 1. The second-order valence-corrected chi connectivity index (χ2v) is 11.1. The Hall–Kier alpha value is -0.740. The van der Waals surface area contributed by atoms with E-state index in [1.807, 2.05) is 18.2 Å². The van der Waals surface area contributed by atoms with E-state index < -0.39 is 14.6 Å². The third-order valence-corrected chi connectivity index (χ3v) is 7.73. The number of guanidine groups is 1. The van der Waals surface area contributed by atoms with E-state index in [0.29, 0.717) is 6.54 Å². The Morgan fingerprint density at radius 2 is 1.82 bits per heavy atom. The van der Waals surface area contributed by atoms with Crippen LogP contribution in [0.25, 0.3) is 0 Å². The molecule has 160 valence electrons. The number of anilines is 1. The molecular weight excluding hydrogens is 511 g/mol. The fraction of sp³-hybridized carbons (Fsp3) is 0.632. The molecule has 28 heavy (non-hydrogen) atoms. The number of aryl methyl sites for hydroxylation is 1. The summed E-state index contributed by atoms with van der Waals surface area (Å²) in [5, 5.41) is 3.95. The van der Waals surface area contributed by atoms with E-state index >= 15 is 0 Å². The van der Waals surface area contributed by atoms with Gasteiger partial charge in [0.15, 0.2) is 15.8 Å². The molecule has 1 fully saturated rings. The molecule has 1 saturated heterocycles. The van der Waals surface area contributed by atoms with Gasteiger partial charge in [-0.2, -0.15) is 0 Å². The highest BCUT2D eigenvalue weighted by atomic mass is 127. The largest absolute Gasteiger partial charge is 0.368 e. The zero-order valence-electron chi connectivity index (χ0n) is 17.3. The Morgan fingerprint density at radius 3 is 2.36 bits per heavy atom. The second kappa shape index (κ2) is 10.3. The van der Waals surface area contributed by atoms with Gasteiger partial charge in [-0.1, -0.05) is 17.7 Å². The molecule has 1 N–H and O–H groups in total. The van der Waals surface area contributed by atoms with Crippen LogP contribution in [0.15, 0.2) is 23.2 Å². The highest BCUT2D eigenvalue weighted by molar-refractivity contribution is 14.0. The molecule has 0 bridgehead atoms. The fourth-order valence-electron chi connectivity index (χ4n) is 3.02. The third-order valence-electron chi connectivity index (χ3n) is 4.89. The first-order valence-electron chi connectivity index (χ1n) is 9.24. The molecule has 1 aliphatic rings. The van der Waals surface area contributed by atoms with Crippen LogP contribution in [0.2, 0.25) is 5.02 Å². The number of hydrogen-bond acceptors (Lipinski definition) is 4. The van der Waals surface area contributed by atoms with Crippen molar-refractivity contribution in [1.29, 1.82) is 0 Å². The summed E-state index contributed by atoms with van der Waals surface area (Å²) in [6, 6.07) is 5.96. The summed E-state index contributed by atoms with van der Waals surface area (Å²) >= 11 is 6.15. The first-order chi connectivity index (χ1) is 12.5. The molecule has 0 unspecified atom stereocenters. The average Bonchev–Trinajstić information content (AvgIpc) is 2.60. The minimum absolute atomic E-state index is 0. The number of hydrogen-bond donors (Lipinski definition) is 1. The monoisotopic (exact) mass is 542 g/mol. The standard InChI is InChI=1S/C19H31ClN4O2S.HI/c1-15-6-7-16(20)14-17(15)23-9-11-24(12-10-23)18(21-5)22-8-13-27(25,26)19(2,3)4;/h6-7,14H,8-13H2,1-5H3,(H,21,22);1H. The summed E-state index contributed by atoms with van der Waals surface area (Å²) in [5.41, 5.74) is 2.38. The third kappa shape index (κ3) is 6.38. The highest BCUT2D eigenvalue weighted by Crippen LogP contribution is 2.25. The van der Waals surface area contributed by atoms with Gasteiger partial charge in [-0.3, -0.25) is 4.99 Å². The van der Waals surface area contributed by atoms with Crippen LogP contribution in [0.4, 0.5) is 5.69 Å². The Bertz CT molecular complexity index is 786. The normalized spacial score (nSPS) is 16.0. The summed E-state index contributed by atoms with van der Waals surface area (Å²) in [4.78, 5) is 8.82. The Morgan fingerprint density at radius 1 is 1.21 bits per heavy atom. The molecule has 0 aromatic heterocycles. The maximum Gasteiger partial charge on any atom is 0.193 e. The van der Waals surface area contributed by atoms with Gasteiger partial charge in [0, 0.05) is 50.5 Å². The molecule has 0 saturated carbocycles. The molecule has 1 aromatic rings. The number of rotatable bonds is 4. The molecule has 0 amide bonds. The fourth-order valence-corrected chi connectivity index (χ4v) is 4.17. The molecule has 1 aromatic carbocycles. The van der Waals surface area contributed by atoms with E-state index in [1.54, 1.807) is 27.8 Å². The van der Waals surface area contributed by atoms with Crippen LogP contribution in [-0.4, -0.2) is 69.5 Å². The first-order valence-corrected chi connectivity index (χ1v) is 11.3. The van der Waals surface area contributed by atoms with Crippen molar-refractivity contribution in [1.82, 2.24) is 10.2 Å². The molecular formula is C19H32ClIN4O2S.